The van der Waals surface area contributed by atoms with Crippen LogP contribution >= 0.6 is 11.3 Å². The minimum Gasteiger partial charge on any atom is -0.475 e. The van der Waals surface area contributed by atoms with E-state index >= 15 is 0 Å². The number of anilines is 1. The Balaban J connectivity index is 0.000000349. The van der Waals surface area contributed by atoms with Gasteiger partial charge >= 0.3 is 24.3 Å². The Morgan fingerprint density at radius 3 is 1.76 bits per heavy atom. The van der Waals surface area contributed by atoms with Gasteiger partial charge in [0.05, 0.1) is 10.6 Å². The van der Waals surface area contributed by atoms with E-state index in [-0.39, 0.29) is 11.6 Å². The number of alkyl halides is 6. The Bertz CT molecular complexity index is 1280. The summed E-state index contributed by atoms with van der Waals surface area (Å²) in [6, 6.07) is 8.81. The summed E-state index contributed by atoms with van der Waals surface area (Å²) in [4.78, 5) is 32.0. The minimum absolute atomic E-state index is 0.217. The van der Waals surface area contributed by atoms with Gasteiger partial charge in [-0.25, -0.2) is 14.0 Å². The van der Waals surface area contributed by atoms with E-state index in [1.807, 2.05) is 18.2 Å². The van der Waals surface area contributed by atoms with Crippen molar-refractivity contribution in [3.05, 3.63) is 63.6 Å². The second-order valence-electron chi connectivity index (χ2n) is 8.29. The van der Waals surface area contributed by atoms with Gasteiger partial charge in [0.25, 0.3) is 5.91 Å². The number of benzene rings is 1. The average Bonchev–Trinajstić information content (AvgIpc) is 3.41. The van der Waals surface area contributed by atoms with Gasteiger partial charge in [-0.3, -0.25) is 4.79 Å². The first-order chi connectivity index (χ1) is 19.1. The van der Waals surface area contributed by atoms with Crippen LogP contribution in [0.2, 0.25) is 0 Å². The summed E-state index contributed by atoms with van der Waals surface area (Å²) in [5.41, 5.74) is 3.50. The predicted molar refractivity (Wildman–Crippen MR) is 137 cm³/mol. The van der Waals surface area contributed by atoms with E-state index in [0.29, 0.717) is 4.88 Å². The Kier molecular flexibility index (Phi) is 12.0. The van der Waals surface area contributed by atoms with Gasteiger partial charge in [-0.1, -0.05) is 18.2 Å². The molecule has 2 aromatic rings. The molecule has 0 radical (unpaired) electrons. The molecule has 0 aliphatic carbocycles. The van der Waals surface area contributed by atoms with Gasteiger partial charge < -0.3 is 26.2 Å². The lowest BCUT2D eigenvalue weighted by Crippen LogP contribution is -2.21. The van der Waals surface area contributed by atoms with Gasteiger partial charge in [0.2, 0.25) is 0 Å². The van der Waals surface area contributed by atoms with Crippen molar-refractivity contribution in [3.63, 3.8) is 0 Å². The molecule has 0 saturated carbocycles. The summed E-state index contributed by atoms with van der Waals surface area (Å²) >= 11 is 1.45. The van der Waals surface area contributed by atoms with Crippen LogP contribution in [0.1, 0.15) is 33.0 Å². The molecular formula is C25H24F7N3O5S. The number of amides is 1. The fourth-order valence-corrected chi connectivity index (χ4v) is 4.33. The number of hydrogen-bond donors (Lipinski definition) is 5. The summed E-state index contributed by atoms with van der Waals surface area (Å²) in [5, 5.41) is 23.5. The molecular weight excluding hydrogens is 587 g/mol. The minimum atomic E-state index is -5.08. The number of nitrogens with one attached hydrogen (secondary N) is 3. The van der Waals surface area contributed by atoms with Crippen LogP contribution < -0.4 is 16.0 Å². The van der Waals surface area contributed by atoms with Crippen molar-refractivity contribution < 1.29 is 55.3 Å². The Hall–Kier alpha value is -3.76. The summed E-state index contributed by atoms with van der Waals surface area (Å²) in [7, 11) is 0. The van der Waals surface area contributed by atoms with Gasteiger partial charge in [-0.15, -0.1) is 11.3 Å². The number of carboxylic acid groups (broad SMARTS) is 2. The van der Waals surface area contributed by atoms with Crippen LogP contribution in [-0.4, -0.2) is 66.6 Å². The second-order valence-corrected chi connectivity index (χ2v) is 9.37. The molecule has 4 rings (SSSR count). The molecule has 1 aromatic carbocycles. The first-order valence-electron chi connectivity index (χ1n) is 11.7. The molecule has 0 spiro atoms. The van der Waals surface area contributed by atoms with E-state index < -0.39 is 30.1 Å². The zero-order chi connectivity index (χ0) is 30.8. The number of rotatable bonds is 4. The molecule has 8 nitrogen and oxygen atoms in total. The molecule has 41 heavy (non-hydrogen) atoms. The Labute approximate surface area is 232 Å². The topological polar surface area (TPSA) is 128 Å². The zero-order valence-corrected chi connectivity index (χ0v) is 21.8. The van der Waals surface area contributed by atoms with Crippen molar-refractivity contribution in [2.75, 3.05) is 31.5 Å². The smallest absolute Gasteiger partial charge is 0.475 e. The first-order valence-corrected chi connectivity index (χ1v) is 12.5. The maximum absolute atomic E-state index is 14.5. The largest absolute Gasteiger partial charge is 0.490 e. The molecule has 0 fully saturated rings. The molecule has 1 aromatic heterocycles. The van der Waals surface area contributed by atoms with E-state index in [0.717, 1.165) is 55.0 Å². The standard InChI is InChI=1S/C21H22FN3OS.2C2HF3O2/c22-17-13-16(14-5-9-23-10-6-14)1-2-18(17)25-21(26)20-4-3-19(27-20)15-7-11-24-12-8-15;2*3-2(4,5)1(6)7/h1-5,7,13,23-24H,6,8-12H2,(H,25,26);2*(H,6,7). The van der Waals surface area contributed by atoms with Crippen LogP contribution in [0.15, 0.2) is 42.5 Å². The van der Waals surface area contributed by atoms with Crippen molar-refractivity contribution in [2.45, 2.75) is 25.2 Å². The zero-order valence-electron chi connectivity index (χ0n) is 21.0. The number of carboxylic acids is 2. The molecule has 0 unspecified atom stereocenters. The van der Waals surface area contributed by atoms with E-state index in [4.69, 9.17) is 19.8 Å². The molecule has 2 aliphatic heterocycles. The molecule has 2 aliphatic rings. The number of thiophene rings is 1. The van der Waals surface area contributed by atoms with Crippen molar-refractivity contribution in [1.29, 1.82) is 0 Å². The highest BCUT2D eigenvalue weighted by Crippen LogP contribution is 2.29. The van der Waals surface area contributed by atoms with Crippen molar-refractivity contribution >= 4 is 46.0 Å². The lowest BCUT2D eigenvalue weighted by Gasteiger charge is -2.15. The molecule has 5 N–H and O–H groups in total. The van der Waals surface area contributed by atoms with Crippen LogP contribution in [0, 0.1) is 5.82 Å². The third-order valence-corrected chi connectivity index (χ3v) is 6.51. The summed E-state index contributed by atoms with van der Waals surface area (Å²) in [6.45, 7) is 3.52. The van der Waals surface area contributed by atoms with E-state index in [9.17, 15) is 35.5 Å². The third kappa shape index (κ3) is 11.0. The summed E-state index contributed by atoms with van der Waals surface area (Å²) in [6.07, 6.45) is -4.08. The number of halogens is 7. The predicted octanol–water partition coefficient (Wildman–Crippen LogP) is 5.16. The van der Waals surface area contributed by atoms with Gasteiger partial charge in [-0.05, 0) is 66.9 Å². The molecule has 16 heteroatoms. The lowest BCUT2D eigenvalue weighted by atomic mass is 10.00. The number of aliphatic carboxylic acids is 2. The highest BCUT2D eigenvalue weighted by Gasteiger charge is 2.38. The van der Waals surface area contributed by atoms with Crippen LogP contribution in [0.5, 0.6) is 0 Å². The Morgan fingerprint density at radius 1 is 0.805 bits per heavy atom. The maximum Gasteiger partial charge on any atom is 0.490 e. The van der Waals surface area contributed by atoms with Crippen LogP contribution in [0.3, 0.4) is 0 Å². The first kappa shape index (κ1) is 33.4. The van der Waals surface area contributed by atoms with Crippen LogP contribution in [0.4, 0.5) is 36.4 Å². The van der Waals surface area contributed by atoms with Crippen molar-refractivity contribution in [3.8, 4) is 0 Å². The van der Waals surface area contributed by atoms with Gasteiger partial charge in [0, 0.05) is 18.0 Å². The van der Waals surface area contributed by atoms with E-state index in [1.54, 1.807) is 6.07 Å². The van der Waals surface area contributed by atoms with Crippen LogP contribution in [0.25, 0.3) is 11.1 Å². The van der Waals surface area contributed by atoms with Gasteiger partial charge in [0.1, 0.15) is 5.82 Å². The normalized spacial score (nSPS) is 15.2. The average molecular weight is 612 g/mol. The number of hydrogen-bond acceptors (Lipinski definition) is 6. The highest BCUT2D eigenvalue weighted by molar-refractivity contribution is 7.15. The van der Waals surface area contributed by atoms with Crippen molar-refractivity contribution in [2.24, 2.45) is 0 Å². The molecule has 0 saturated heterocycles. The highest BCUT2D eigenvalue weighted by atomic mass is 32.1. The molecule has 1 amide bonds. The van der Waals surface area contributed by atoms with Gasteiger partial charge in [-0.2, -0.15) is 26.3 Å². The van der Waals surface area contributed by atoms with Gasteiger partial charge in [0.15, 0.2) is 0 Å². The third-order valence-electron chi connectivity index (χ3n) is 5.35. The monoisotopic (exact) mass is 611 g/mol. The van der Waals surface area contributed by atoms with E-state index in [2.05, 4.69) is 28.1 Å². The molecule has 0 atom stereocenters. The molecule has 0 bridgehead atoms. The van der Waals surface area contributed by atoms with Crippen LogP contribution in [-0.2, 0) is 9.59 Å². The second kappa shape index (κ2) is 14.7. The summed E-state index contributed by atoms with van der Waals surface area (Å²) < 4.78 is 78.0. The lowest BCUT2D eigenvalue weighted by molar-refractivity contribution is -0.193. The SMILES string of the molecule is O=C(Nc1ccc(C2=CCNCC2)cc1F)c1ccc(C2=CCNCC2)s1.O=C(O)C(F)(F)F.O=C(O)C(F)(F)F. The molecule has 224 valence electrons. The van der Waals surface area contributed by atoms with E-state index in [1.165, 1.54) is 23.0 Å². The number of carbonyl (C=O) groups excluding carboxylic acids is 1. The van der Waals surface area contributed by atoms with Crippen molar-refractivity contribution in [1.82, 2.24) is 10.6 Å². The Morgan fingerprint density at radius 2 is 1.32 bits per heavy atom. The summed E-state index contributed by atoms with van der Waals surface area (Å²) in [5.74, 6) is -6.19. The maximum atomic E-state index is 14.5. The molecule has 3 heterocycles. The number of carbonyl (C=O) groups is 3. The fraction of sp³-hybridized carbons (Fsp3) is 0.320. The quantitative estimate of drug-likeness (QED) is 0.303. The fourth-order valence-electron chi connectivity index (χ4n) is 3.36.